The summed E-state index contributed by atoms with van der Waals surface area (Å²) in [7, 11) is 0. The van der Waals surface area contributed by atoms with Gasteiger partial charge in [-0.3, -0.25) is 4.79 Å². The van der Waals surface area contributed by atoms with Crippen LogP contribution in [0.5, 0.6) is 5.75 Å². The Morgan fingerprint density at radius 1 is 1.46 bits per heavy atom. The number of fused-ring (bicyclic) bond motifs is 1. The van der Waals surface area contributed by atoms with E-state index in [1.54, 1.807) is 23.5 Å². The lowest BCUT2D eigenvalue weighted by atomic mass is 9.88. The van der Waals surface area contributed by atoms with Gasteiger partial charge in [-0.15, -0.1) is 11.3 Å². The lowest BCUT2D eigenvalue weighted by Crippen LogP contribution is -2.12. The van der Waals surface area contributed by atoms with Crippen LogP contribution in [0.25, 0.3) is 0 Å². The molecule has 0 unspecified atom stereocenters. The molecule has 0 saturated carbocycles. The van der Waals surface area contributed by atoms with Crippen LogP contribution in [0.1, 0.15) is 59.5 Å². The Bertz CT molecular complexity index is 835. The number of thiophene rings is 1. The summed E-state index contributed by atoms with van der Waals surface area (Å²) < 4.78 is 5.68. The van der Waals surface area contributed by atoms with E-state index in [0.717, 1.165) is 37.7 Å². The van der Waals surface area contributed by atoms with Gasteiger partial charge in [-0.1, -0.05) is 26.3 Å². The van der Waals surface area contributed by atoms with Gasteiger partial charge in [0.15, 0.2) is 0 Å². The van der Waals surface area contributed by atoms with Crippen molar-refractivity contribution in [2.75, 3.05) is 11.9 Å². The molecule has 26 heavy (non-hydrogen) atoms. The minimum Gasteiger partial charge on any atom is -0.494 e. The Balaban J connectivity index is 1.76. The molecule has 0 fully saturated rings. The number of nitrogens with one attached hydrogen (secondary N) is 1. The average molecular weight is 369 g/mol. The van der Waals surface area contributed by atoms with E-state index in [0.29, 0.717) is 34.4 Å². The number of benzene rings is 1. The fourth-order valence-corrected chi connectivity index (χ4v) is 4.55. The standard InChI is InChI=1S/C21H24N2O2S/c1-3-4-10-25-16-7-5-6-15(12-16)20(24)23-21-18(13-22)17-9-8-14(2)11-19(17)26-21/h5-7,12,14H,3-4,8-11H2,1-2H3,(H,23,24)/t14-/m1/s1. The van der Waals surface area contributed by atoms with Gasteiger partial charge in [-0.25, -0.2) is 0 Å². The quantitative estimate of drug-likeness (QED) is 0.715. The largest absolute Gasteiger partial charge is 0.494 e. The molecule has 0 bridgehead atoms. The molecule has 5 heteroatoms. The number of ether oxygens (including phenoxy) is 1. The Kier molecular flexibility index (Phi) is 5.95. The number of nitriles is 1. The van der Waals surface area contributed by atoms with Crippen molar-refractivity contribution in [1.82, 2.24) is 0 Å². The minimum absolute atomic E-state index is 0.200. The zero-order chi connectivity index (χ0) is 18.5. The van der Waals surface area contributed by atoms with Gasteiger partial charge in [0.2, 0.25) is 0 Å². The zero-order valence-electron chi connectivity index (χ0n) is 15.3. The zero-order valence-corrected chi connectivity index (χ0v) is 16.1. The molecule has 136 valence electrons. The van der Waals surface area contributed by atoms with Crippen molar-refractivity contribution in [1.29, 1.82) is 5.26 Å². The number of hydrogen-bond acceptors (Lipinski definition) is 4. The lowest BCUT2D eigenvalue weighted by Gasteiger charge is -2.17. The van der Waals surface area contributed by atoms with Crippen molar-refractivity contribution in [2.24, 2.45) is 5.92 Å². The van der Waals surface area contributed by atoms with Gasteiger partial charge in [0, 0.05) is 10.4 Å². The van der Waals surface area contributed by atoms with Gasteiger partial charge in [-0.2, -0.15) is 5.26 Å². The first-order chi connectivity index (χ1) is 12.6. The Morgan fingerprint density at radius 2 is 2.31 bits per heavy atom. The number of hydrogen-bond donors (Lipinski definition) is 1. The normalized spacial score (nSPS) is 15.8. The number of unbranched alkanes of at least 4 members (excludes halogenated alkanes) is 1. The van der Waals surface area contributed by atoms with Gasteiger partial charge < -0.3 is 10.1 Å². The first-order valence-corrected chi connectivity index (χ1v) is 10.0. The molecule has 4 nitrogen and oxygen atoms in total. The summed E-state index contributed by atoms with van der Waals surface area (Å²) in [6.45, 7) is 4.99. The molecule has 1 heterocycles. The van der Waals surface area contributed by atoms with Crippen LogP contribution in [0.15, 0.2) is 24.3 Å². The second-order valence-corrected chi connectivity index (χ2v) is 7.96. The molecule has 1 N–H and O–H groups in total. The SMILES string of the molecule is CCCCOc1cccc(C(=O)Nc2sc3c(c2C#N)CC[C@@H](C)C3)c1. The van der Waals surface area contributed by atoms with Crippen molar-refractivity contribution in [2.45, 2.75) is 46.0 Å². The topological polar surface area (TPSA) is 62.1 Å². The highest BCUT2D eigenvalue weighted by Gasteiger charge is 2.24. The van der Waals surface area contributed by atoms with Crippen LogP contribution < -0.4 is 10.1 Å². The molecule has 3 rings (SSSR count). The van der Waals surface area contributed by atoms with Gasteiger partial charge >= 0.3 is 0 Å². The third kappa shape index (κ3) is 4.08. The first kappa shape index (κ1) is 18.5. The summed E-state index contributed by atoms with van der Waals surface area (Å²) >= 11 is 1.55. The molecule has 1 atom stereocenters. The van der Waals surface area contributed by atoms with E-state index in [2.05, 4.69) is 25.2 Å². The van der Waals surface area contributed by atoms with Crippen molar-refractivity contribution < 1.29 is 9.53 Å². The number of carbonyl (C=O) groups is 1. The summed E-state index contributed by atoms with van der Waals surface area (Å²) in [4.78, 5) is 13.9. The van der Waals surface area contributed by atoms with Crippen molar-refractivity contribution in [3.05, 3.63) is 45.8 Å². The molecule has 1 aromatic carbocycles. The van der Waals surface area contributed by atoms with E-state index >= 15 is 0 Å². The number of nitrogens with zero attached hydrogens (tertiary/aromatic N) is 1. The molecule has 0 saturated heterocycles. The molecular formula is C21H24N2O2S. The Morgan fingerprint density at radius 3 is 3.08 bits per heavy atom. The molecule has 1 amide bonds. The van der Waals surface area contributed by atoms with E-state index in [1.807, 2.05) is 12.1 Å². The van der Waals surface area contributed by atoms with Gasteiger partial charge in [-0.05, 0) is 55.4 Å². The molecule has 1 aliphatic carbocycles. The summed E-state index contributed by atoms with van der Waals surface area (Å²) in [5.74, 6) is 1.13. The summed E-state index contributed by atoms with van der Waals surface area (Å²) in [5, 5.41) is 13.2. The van der Waals surface area contributed by atoms with Gasteiger partial charge in [0.05, 0.1) is 12.2 Å². The number of amides is 1. The Hall–Kier alpha value is -2.32. The molecule has 0 aliphatic heterocycles. The van der Waals surface area contributed by atoms with Crippen LogP contribution in [0.4, 0.5) is 5.00 Å². The van der Waals surface area contributed by atoms with Crippen LogP contribution in [-0.4, -0.2) is 12.5 Å². The van der Waals surface area contributed by atoms with Gasteiger partial charge in [0.1, 0.15) is 16.8 Å². The van der Waals surface area contributed by atoms with Crippen LogP contribution in [-0.2, 0) is 12.8 Å². The molecule has 2 aromatic rings. The minimum atomic E-state index is -0.200. The molecule has 0 spiro atoms. The predicted molar refractivity (Wildman–Crippen MR) is 105 cm³/mol. The highest BCUT2D eigenvalue weighted by Crippen LogP contribution is 2.39. The number of rotatable bonds is 6. The van der Waals surface area contributed by atoms with E-state index in [4.69, 9.17) is 4.74 Å². The van der Waals surface area contributed by atoms with Crippen LogP contribution in [0.2, 0.25) is 0 Å². The van der Waals surface area contributed by atoms with Crippen LogP contribution in [0.3, 0.4) is 0 Å². The van der Waals surface area contributed by atoms with E-state index in [9.17, 15) is 10.1 Å². The van der Waals surface area contributed by atoms with Crippen molar-refractivity contribution in [3.63, 3.8) is 0 Å². The van der Waals surface area contributed by atoms with E-state index < -0.39 is 0 Å². The first-order valence-electron chi connectivity index (χ1n) is 9.21. The number of anilines is 1. The van der Waals surface area contributed by atoms with E-state index in [-0.39, 0.29) is 5.91 Å². The fraction of sp³-hybridized carbons (Fsp3) is 0.429. The summed E-state index contributed by atoms with van der Waals surface area (Å²) in [6, 6.07) is 9.50. The fourth-order valence-electron chi connectivity index (χ4n) is 3.19. The maximum atomic E-state index is 12.7. The third-order valence-electron chi connectivity index (χ3n) is 4.71. The molecule has 1 aromatic heterocycles. The molecular weight excluding hydrogens is 344 g/mol. The monoisotopic (exact) mass is 368 g/mol. The van der Waals surface area contributed by atoms with E-state index in [1.165, 1.54) is 4.88 Å². The summed E-state index contributed by atoms with van der Waals surface area (Å²) in [6.07, 6.45) is 5.07. The van der Waals surface area contributed by atoms with Crippen molar-refractivity contribution >= 4 is 22.2 Å². The second-order valence-electron chi connectivity index (χ2n) is 6.85. The highest BCUT2D eigenvalue weighted by atomic mass is 32.1. The maximum Gasteiger partial charge on any atom is 0.256 e. The van der Waals surface area contributed by atoms with Gasteiger partial charge in [0.25, 0.3) is 5.91 Å². The average Bonchev–Trinajstić information content (AvgIpc) is 2.98. The lowest BCUT2D eigenvalue weighted by molar-refractivity contribution is 0.102. The Labute approximate surface area is 158 Å². The maximum absolute atomic E-state index is 12.7. The smallest absolute Gasteiger partial charge is 0.256 e. The number of carbonyl (C=O) groups excluding carboxylic acids is 1. The molecule has 0 radical (unpaired) electrons. The van der Waals surface area contributed by atoms with Crippen LogP contribution in [0, 0.1) is 17.2 Å². The molecule has 1 aliphatic rings. The highest BCUT2D eigenvalue weighted by molar-refractivity contribution is 7.16. The second kappa shape index (κ2) is 8.37. The van der Waals surface area contributed by atoms with Crippen molar-refractivity contribution in [3.8, 4) is 11.8 Å². The van der Waals surface area contributed by atoms with Crippen LogP contribution >= 0.6 is 11.3 Å². The summed E-state index contributed by atoms with van der Waals surface area (Å²) in [5.41, 5.74) is 2.31. The third-order valence-corrected chi connectivity index (χ3v) is 5.88. The predicted octanol–water partition coefficient (Wildman–Crippen LogP) is 5.18.